The summed E-state index contributed by atoms with van der Waals surface area (Å²) < 4.78 is 27.4. The molecule has 1 aromatic carbocycles. The van der Waals surface area contributed by atoms with Gasteiger partial charge in [0.15, 0.2) is 0 Å². The van der Waals surface area contributed by atoms with E-state index in [9.17, 15) is 8.42 Å². The van der Waals surface area contributed by atoms with Gasteiger partial charge in [-0.1, -0.05) is 23.2 Å². The molecule has 0 unspecified atom stereocenters. The summed E-state index contributed by atoms with van der Waals surface area (Å²) in [5.74, 6) is 0.0248. The van der Waals surface area contributed by atoms with E-state index in [1.165, 1.54) is 0 Å². The van der Waals surface area contributed by atoms with Gasteiger partial charge in [-0.05, 0) is 28.1 Å². The molecule has 1 fully saturated rings. The van der Waals surface area contributed by atoms with Crippen molar-refractivity contribution in [3.05, 3.63) is 26.7 Å². The number of hydrogen-bond acceptors (Lipinski definition) is 4. The van der Waals surface area contributed by atoms with Crippen LogP contribution in [0.15, 0.2) is 16.6 Å². The normalized spacial score (nSPS) is 16.9. The highest BCUT2D eigenvalue weighted by atomic mass is 79.9. The minimum atomic E-state index is -3.46. The lowest BCUT2D eigenvalue weighted by molar-refractivity contribution is 0.254. The van der Waals surface area contributed by atoms with Gasteiger partial charge in [-0.15, -0.1) is 0 Å². The smallest absolute Gasteiger partial charge is 0.234 e. The Morgan fingerprint density at radius 1 is 1.24 bits per heavy atom. The second-order valence-corrected chi connectivity index (χ2v) is 8.19. The molecule has 1 saturated heterocycles. The molecule has 9 heteroatoms. The van der Waals surface area contributed by atoms with Crippen LogP contribution in [0, 0.1) is 0 Å². The molecule has 2 N–H and O–H groups in total. The predicted molar refractivity (Wildman–Crippen MR) is 90.9 cm³/mol. The molecule has 21 heavy (non-hydrogen) atoms. The van der Waals surface area contributed by atoms with Gasteiger partial charge in [0.1, 0.15) is 0 Å². The second kappa shape index (κ2) is 7.48. The highest BCUT2D eigenvalue weighted by Gasteiger charge is 2.18. The monoisotopic (exact) mass is 415 g/mol. The van der Waals surface area contributed by atoms with Crippen LogP contribution in [0.3, 0.4) is 0 Å². The van der Waals surface area contributed by atoms with Crippen LogP contribution in [0.2, 0.25) is 10.0 Å². The molecule has 1 aromatic rings. The van der Waals surface area contributed by atoms with E-state index in [-0.39, 0.29) is 10.8 Å². The van der Waals surface area contributed by atoms with Crippen molar-refractivity contribution >= 4 is 54.8 Å². The fourth-order valence-electron chi connectivity index (χ4n) is 2.01. The summed E-state index contributed by atoms with van der Waals surface area (Å²) in [5.41, 5.74) is 0.296. The molecule has 0 radical (unpaired) electrons. The van der Waals surface area contributed by atoms with Gasteiger partial charge < -0.3 is 5.32 Å². The number of hydrogen-bond donors (Lipinski definition) is 2. The van der Waals surface area contributed by atoms with Gasteiger partial charge in [-0.3, -0.25) is 9.62 Å². The average Bonchev–Trinajstić information content (AvgIpc) is 2.47. The van der Waals surface area contributed by atoms with Crippen LogP contribution < -0.4 is 10.0 Å². The Labute approximate surface area is 143 Å². The lowest BCUT2D eigenvalue weighted by Crippen LogP contribution is -2.45. The van der Waals surface area contributed by atoms with Gasteiger partial charge in [0.25, 0.3) is 0 Å². The molecule has 1 aliphatic rings. The van der Waals surface area contributed by atoms with Gasteiger partial charge in [-0.25, -0.2) is 8.42 Å². The number of sulfonamides is 1. The molecule has 0 bridgehead atoms. The van der Waals surface area contributed by atoms with E-state index in [0.29, 0.717) is 21.7 Å². The lowest BCUT2D eigenvalue weighted by Gasteiger charge is -2.27. The highest BCUT2D eigenvalue weighted by Crippen LogP contribution is 2.36. The molecule has 1 aliphatic heterocycles. The maximum absolute atomic E-state index is 12.1. The Morgan fingerprint density at radius 3 is 2.57 bits per heavy atom. The summed E-state index contributed by atoms with van der Waals surface area (Å²) in [6.07, 6.45) is 0. The number of nitrogens with one attached hydrogen (secondary N) is 2. The summed E-state index contributed by atoms with van der Waals surface area (Å²) in [7, 11) is -3.46. The minimum absolute atomic E-state index is 0.0248. The Morgan fingerprint density at radius 2 is 1.90 bits per heavy atom. The second-order valence-electron chi connectivity index (χ2n) is 4.74. The molecule has 1 heterocycles. The summed E-state index contributed by atoms with van der Waals surface area (Å²) in [5, 5.41) is 3.71. The molecule has 118 valence electrons. The number of nitrogens with zero attached hydrogens (tertiary/aromatic N) is 1. The third-order valence-corrected chi connectivity index (χ3v) is 6.21. The van der Waals surface area contributed by atoms with Crippen LogP contribution in [0.5, 0.6) is 0 Å². The molecule has 5 nitrogen and oxygen atoms in total. The third-order valence-electron chi connectivity index (χ3n) is 3.19. The fourth-order valence-corrected chi connectivity index (χ4v) is 3.99. The predicted octanol–water partition coefficient (Wildman–Crippen LogP) is 2.40. The molecule has 0 aromatic heterocycles. The summed E-state index contributed by atoms with van der Waals surface area (Å²) in [4.78, 5) is 2.12. The molecular formula is C12H16BrCl2N3O2S. The van der Waals surface area contributed by atoms with E-state index in [1.54, 1.807) is 12.1 Å². The van der Waals surface area contributed by atoms with Crippen LogP contribution in [0.1, 0.15) is 0 Å². The summed E-state index contributed by atoms with van der Waals surface area (Å²) >= 11 is 15.3. The van der Waals surface area contributed by atoms with Crippen molar-refractivity contribution in [1.29, 1.82) is 0 Å². The van der Waals surface area contributed by atoms with E-state index >= 15 is 0 Å². The fraction of sp³-hybridized carbons (Fsp3) is 0.500. The van der Waals surface area contributed by atoms with Crippen LogP contribution in [-0.4, -0.2) is 51.8 Å². The first-order valence-corrected chi connectivity index (χ1v) is 9.66. The maximum Gasteiger partial charge on any atom is 0.234 e. The SMILES string of the molecule is O=S(=O)(CCN1CCNCC1)Nc1ccc(Br)c(Cl)c1Cl. The Bertz CT molecular complexity index is 607. The Kier molecular flexibility index (Phi) is 6.16. The first kappa shape index (κ1) is 17.3. The zero-order valence-corrected chi connectivity index (χ0v) is 15.1. The van der Waals surface area contributed by atoms with Gasteiger partial charge >= 0.3 is 0 Å². The topological polar surface area (TPSA) is 61.4 Å². The Balaban J connectivity index is 1.99. The van der Waals surface area contributed by atoms with Crippen molar-refractivity contribution in [1.82, 2.24) is 10.2 Å². The number of halogens is 3. The molecule has 0 amide bonds. The molecular weight excluding hydrogens is 401 g/mol. The van der Waals surface area contributed by atoms with Crippen LogP contribution in [0.4, 0.5) is 5.69 Å². The summed E-state index contributed by atoms with van der Waals surface area (Å²) in [6, 6.07) is 3.24. The highest BCUT2D eigenvalue weighted by molar-refractivity contribution is 9.10. The number of rotatable bonds is 5. The number of benzene rings is 1. The molecule has 2 rings (SSSR count). The maximum atomic E-state index is 12.1. The average molecular weight is 417 g/mol. The van der Waals surface area contributed by atoms with Crippen molar-refractivity contribution in [2.24, 2.45) is 0 Å². The summed E-state index contributed by atoms with van der Waals surface area (Å²) in [6.45, 7) is 4.00. The van der Waals surface area contributed by atoms with Crippen molar-refractivity contribution in [3.8, 4) is 0 Å². The van der Waals surface area contributed by atoms with Crippen molar-refractivity contribution in [3.63, 3.8) is 0 Å². The largest absolute Gasteiger partial charge is 0.314 e. The van der Waals surface area contributed by atoms with E-state index in [4.69, 9.17) is 23.2 Å². The van der Waals surface area contributed by atoms with Crippen LogP contribution >= 0.6 is 39.1 Å². The Hall–Kier alpha value is -0.0500. The molecule has 0 aliphatic carbocycles. The molecule has 0 spiro atoms. The van der Waals surface area contributed by atoms with Gasteiger partial charge in [0.2, 0.25) is 10.0 Å². The van der Waals surface area contributed by atoms with Gasteiger partial charge in [0.05, 0.1) is 21.5 Å². The minimum Gasteiger partial charge on any atom is -0.314 e. The van der Waals surface area contributed by atoms with E-state index in [2.05, 4.69) is 30.9 Å². The quantitative estimate of drug-likeness (QED) is 0.723. The standard InChI is InChI=1S/C12H16BrCl2N3O2S/c13-9-1-2-10(12(15)11(9)14)17-21(19,20)8-7-18-5-3-16-4-6-18/h1-2,16-17H,3-8H2. The van der Waals surface area contributed by atoms with E-state index in [1.807, 2.05) is 0 Å². The first-order chi connectivity index (χ1) is 9.89. The van der Waals surface area contributed by atoms with Gasteiger partial charge in [0, 0.05) is 37.2 Å². The third kappa shape index (κ3) is 4.97. The lowest BCUT2D eigenvalue weighted by atomic mass is 10.3. The van der Waals surface area contributed by atoms with Gasteiger partial charge in [-0.2, -0.15) is 0 Å². The van der Waals surface area contributed by atoms with Crippen molar-refractivity contribution < 1.29 is 8.42 Å². The van der Waals surface area contributed by atoms with E-state index < -0.39 is 10.0 Å². The van der Waals surface area contributed by atoms with Crippen LogP contribution in [-0.2, 0) is 10.0 Å². The molecule has 0 atom stereocenters. The van der Waals surface area contributed by atoms with Crippen molar-refractivity contribution in [2.75, 3.05) is 43.2 Å². The molecule has 0 saturated carbocycles. The van der Waals surface area contributed by atoms with E-state index in [0.717, 1.165) is 26.2 Å². The number of anilines is 1. The first-order valence-electron chi connectivity index (χ1n) is 6.46. The zero-order chi connectivity index (χ0) is 15.5. The van der Waals surface area contributed by atoms with Crippen LogP contribution in [0.25, 0.3) is 0 Å². The number of piperazine rings is 1. The van der Waals surface area contributed by atoms with Crippen molar-refractivity contribution in [2.45, 2.75) is 0 Å². The zero-order valence-electron chi connectivity index (χ0n) is 11.2.